The number of fused-ring (bicyclic) bond motifs is 1. The molecule has 2 aliphatic rings. The van der Waals surface area contributed by atoms with E-state index in [4.69, 9.17) is 10.2 Å². The topological polar surface area (TPSA) is 83.5 Å². The minimum Gasteiger partial charge on any atom is -0.350 e. The highest BCUT2D eigenvalue weighted by atomic mass is 15.3. The zero-order valence-corrected chi connectivity index (χ0v) is 15.1. The lowest BCUT2D eigenvalue weighted by Gasteiger charge is -2.30. The van der Waals surface area contributed by atoms with Crippen LogP contribution in [0.1, 0.15) is 41.4 Å². The van der Waals surface area contributed by atoms with Gasteiger partial charge < -0.3 is 4.90 Å². The van der Waals surface area contributed by atoms with E-state index in [0.717, 1.165) is 47.7 Å². The van der Waals surface area contributed by atoms with E-state index in [1.54, 1.807) is 6.07 Å². The van der Waals surface area contributed by atoms with E-state index in [1.165, 1.54) is 18.4 Å². The molecule has 0 atom stereocenters. The van der Waals surface area contributed by atoms with Crippen LogP contribution < -0.4 is 4.90 Å². The summed E-state index contributed by atoms with van der Waals surface area (Å²) in [6.45, 7) is 3.57. The van der Waals surface area contributed by atoms with Crippen LogP contribution in [-0.2, 0) is 13.0 Å². The Bertz CT molecular complexity index is 1060. The first-order valence-electron chi connectivity index (χ1n) is 9.23. The lowest BCUT2D eigenvalue weighted by molar-refractivity contribution is 0.642. The molecule has 0 radical (unpaired) electrons. The van der Waals surface area contributed by atoms with Crippen LogP contribution >= 0.6 is 0 Å². The Labute approximate surface area is 157 Å². The standard InChI is InChI=1S/C20H19N7/c1-13-6-17(8-21)24-25-20(13)26-5-4-19-15(11-26)7-14(9-22-19)16-10-23-27(12-16)18-2-3-18/h6-7,9-10,12,18H,2-5,11H2,1H3. The van der Waals surface area contributed by atoms with Crippen molar-refractivity contribution in [3.8, 4) is 17.2 Å². The van der Waals surface area contributed by atoms with Gasteiger partial charge in [0, 0.05) is 48.7 Å². The molecule has 3 aromatic rings. The lowest BCUT2D eigenvalue weighted by Crippen LogP contribution is -2.32. The van der Waals surface area contributed by atoms with Crippen molar-refractivity contribution in [2.24, 2.45) is 0 Å². The van der Waals surface area contributed by atoms with Gasteiger partial charge in [-0.05, 0) is 43.0 Å². The maximum atomic E-state index is 8.99. The van der Waals surface area contributed by atoms with Gasteiger partial charge in [-0.2, -0.15) is 10.4 Å². The van der Waals surface area contributed by atoms with Crippen LogP contribution in [0.5, 0.6) is 0 Å². The average molecular weight is 357 g/mol. The number of nitriles is 1. The van der Waals surface area contributed by atoms with Crippen molar-refractivity contribution in [3.05, 3.63) is 53.2 Å². The summed E-state index contributed by atoms with van der Waals surface area (Å²) in [7, 11) is 0. The number of aromatic nitrogens is 5. The highest BCUT2D eigenvalue weighted by Crippen LogP contribution is 2.35. The molecule has 0 saturated heterocycles. The summed E-state index contributed by atoms with van der Waals surface area (Å²) in [6.07, 6.45) is 9.33. The second kappa shape index (κ2) is 6.16. The van der Waals surface area contributed by atoms with Gasteiger partial charge in [0.05, 0.1) is 12.2 Å². The molecule has 134 valence electrons. The SMILES string of the molecule is Cc1cc(C#N)nnc1N1CCc2ncc(-c3cnn(C4CC4)c3)cc2C1. The monoisotopic (exact) mass is 357 g/mol. The van der Waals surface area contributed by atoms with Gasteiger partial charge in [-0.15, -0.1) is 10.2 Å². The third-order valence-corrected chi connectivity index (χ3v) is 5.27. The molecule has 1 aliphatic heterocycles. The molecule has 1 saturated carbocycles. The molecule has 7 nitrogen and oxygen atoms in total. The van der Waals surface area contributed by atoms with Gasteiger partial charge in [-0.25, -0.2) is 0 Å². The molecular formula is C20H19N7. The van der Waals surface area contributed by atoms with Crippen LogP contribution in [0, 0.1) is 18.3 Å². The molecule has 0 aromatic carbocycles. The van der Waals surface area contributed by atoms with E-state index in [1.807, 2.05) is 25.4 Å². The van der Waals surface area contributed by atoms with Crippen LogP contribution in [0.3, 0.4) is 0 Å². The largest absolute Gasteiger partial charge is 0.350 e. The van der Waals surface area contributed by atoms with Crippen LogP contribution in [0.25, 0.3) is 11.1 Å². The van der Waals surface area contributed by atoms with Crippen molar-refractivity contribution in [2.45, 2.75) is 38.8 Å². The first-order chi connectivity index (χ1) is 13.2. The van der Waals surface area contributed by atoms with E-state index >= 15 is 0 Å². The predicted molar refractivity (Wildman–Crippen MR) is 100.0 cm³/mol. The zero-order valence-electron chi connectivity index (χ0n) is 15.1. The van der Waals surface area contributed by atoms with E-state index in [-0.39, 0.29) is 0 Å². The third kappa shape index (κ3) is 2.93. The quantitative estimate of drug-likeness (QED) is 0.717. The Hall–Kier alpha value is -3.27. The van der Waals surface area contributed by atoms with Gasteiger partial charge in [-0.3, -0.25) is 9.67 Å². The van der Waals surface area contributed by atoms with Gasteiger partial charge in [-0.1, -0.05) is 0 Å². The Morgan fingerprint density at radius 1 is 1.15 bits per heavy atom. The lowest BCUT2D eigenvalue weighted by atomic mass is 10.0. The number of nitrogens with zero attached hydrogens (tertiary/aromatic N) is 7. The van der Waals surface area contributed by atoms with Crippen molar-refractivity contribution in [1.82, 2.24) is 25.0 Å². The molecule has 27 heavy (non-hydrogen) atoms. The minimum absolute atomic E-state index is 0.352. The summed E-state index contributed by atoms with van der Waals surface area (Å²) in [4.78, 5) is 6.91. The number of pyridine rings is 1. The van der Waals surface area contributed by atoms with Gasteiger partial charge in [0.2, 0.25) is 0 Å². The van der Waals surface area contributed by atoms with Crippen LogP contribution in [0.2, 0.25) is 0 Å². The molecule has 0 amide bonds. The Balaban J connectivity index is 1.43. The second-order valence-corrected chi connectivity index (χ2v) is 7.29. The molecule has 5 rings (SSSR count). The van der Waals surface area contributed by atoms with E-state index in [9.17, 15) is 0 Å². The summed E-state index contributed by atoms with van der Waals surface area (Å²) in [5, 5.41) is 21.8. The van der Waals surface area contributed by atoms with Crippen LogP contribution in [-0.4, -0.2) is 31.5 Å². The second-order valence-electron chi connectivity index (χ2n) is 7.29. The summed E-state index contributed by atoms with van der Waals surface area (Å²) >= 11 is 0. The minimum atomic E-state index is 0.352. The normalized spacial score (nSPS) is 16.1. The molecule has 0 bridgehead atoms. The molecule has 1 aliphatic carbocycles. The summed E-state index contributed by atoms with van der Waals surface area (Å²) in [5.74, 6) is 0.839. The zero-order chi connectivity index (χ0) is 18.4. The van der Waals surface area contributed by atoms with Crippen molar-refractivity contribution < 1.29 is 0 Å². The Morgan fingerprint density at radius 3 is 2.81 bits per heavy atom. The molecule has 0 N–H and O–H groups in total. The molecule has 3 aromatic heterocycles. The number of hydrogen-bond donors (Lipinski definition) is 0. The molecule has 0 unspecified atom stereocenters. The average Bonchev–Trinajstić information content (AvgIpc) is 3.43. The smallest absolute Gasteiger partial charge is 0.163 e. The number of aryl methyl sites for hydroxylation is 1. The predicted octanol–water partition coefficient (Wildman–Crippen LogP) is 2.81. The van der Waals surface area contributed by atoms with Crippen LogP contribution in [0.15, 0.2) is 30.7 Å². The fourth-order valence-electron chi connectivity index (χ4n) is 3.64. The molecule has 0 spiro atoms. The maximum Gasteiger partial charge on any atom is 0.163 e. The Morgan fingerprint density at radius 2 is 2.04 bits per heavy atom. The molecular weight excluding hydrogens is 338 g/mol. The van der Waals surface area contributed by atoms with Crippen LogP contribution in [0.4, 0.5) is 5.82 Å². The highest BCUT2D eigenvalue weighted by Gasteiger charge is 2.25. The van der Waals surface area contributed by atoms with Gasteiger partial charge >= 0.3 is 0 Å². The highest BCUT2D eigenvalue weighted by molar-refractivity contribution is 5.62. The van der Waals surface area contributed by atoms with Gasteiger partial charge in [0.1, 0.15) is 6.07 Å². The van der Waals surface area contributed by atoms with Crippen molar-refractivity contribution in [1.29, 1.82) is 5.26 Å². The van der Waals surface area contributed by atoms with Crippen molar-refractivity contribution in [2.75, 3.05) is 11.4 Å². The molecule has 7 heteroatoms. The first-order valence-corrected chi connectivity index (χ1v) is 9.23. The van der Waals surface area contributed by atoms with E-state index < -0.39 is 0 Å². The fraction of sp³-hybridized carbons (Fsp3) is 0.350. The third-order valence-electron chi connectivity index (χ3n) is 5.27. The first kappa shape index (κ1) is 15.9. The fourth-order valence-corrected chi connectivity index (χ4v) is 3.64. The van der Waals surface area contributed by atoms with E-state index in [0.29, 0.717) is 11.7 Å². The summed E-state index contributed by atoms with van der Waals surface area (Å²) in [5.41, 5.74) is 5.89. The summed E-state index contributed by atoms with van der Waals surface area (Å²) < 4.78 is 2.07. The number of hydrogen-bond acceptors (Lipinski definition) is 6. The molecule has 1 fully saturated rings. The Kier molecular flexibility index (Phi) is 3.64. The number of rotatable bonds is 3. The van der Waals surface area contributed by atoms with Gasteiger partial charge in [0.25, 0.3) is 0 Å². The van der Waals surface area contributed by atoms with E-state index in [2.05, 4.69) is 37.1 Å². The maximum absolute atomic E-state index is 8.99. The van der Waals surface area contributed by atoms with Gasteiger partial charge in [0.15, 0.2) is 11.5 Å². The number of anilines is 1. The van der Waals surface area contributed by atoms with Crippen molar-refractivity contribution in [3.63, 3.8) is 0 Å². The van der Waals surface area contributed by atoms with Crippen molar-refractivity contribution >= 4 is 5.82 Å². The molecule has 4 heterocycles. The summed E-state index contributed by atoms with van der Waals surface area (Å²) in [6, 6.07) is 6.63.